The standard InChI is InChI=1S/C22H25NO3/c1-23-15-18-14-21(20(24)25-2)13-12-16-8-6-7-11-19(16)22(21,26-18)17-9-4-3-5-10-17/h3-11,18,23H,12-15H2,1-2H3/t18-,21-,22-/m0/s1. The second-order valence-electron chi connectivity index (χ2n) is 7.28. The number of fused-ring (bicyclic) bond motifs is 3. The molecule has 26 heavy (non-hydrogen) atoms. The summed E-state index contributed by atoms with van der Waals surface area (Å²) in [5, 5.41) is 3.21. The van der Waals surface area contributed by atoms with E-state index in [1.54, 1.807) is 0 Å². The summed E-state index contributed by atoms with van der Waals surface area (Å²) in [7, 11) is 3.40. The molecule has 3 atom stereocenters. The molecule has 0 aromatic heterocycles. The number of likely N-dealkylation sites (N-methyl/N-ethyl adjacent to an activating group) is 1. The third-order valence-electron chi connectivity index (χ3n) is 6.00. The second-order valence-corrected chi connectivity index (χ2v) is 7.28. The van der Waals surface area contributed by atoms with Crippen molar-refractivity contribution in [3.63, 3.8) is 0 Å². The van der Waals surface area contributed by atoms with Crippen LogP contribution in [0.3, 0.4) is 0 Å². The van der Waals surface area contributed by atoms with Crippen LogP contribution in [0.25, 0.3) is 0 Å². The average molecular weight is 351 g/mol. The topological polar surface area (TPSA) is 47.6 Å². The summed E-state index contributed by atoms with van der Waals surface area (Å²) in [6.45, 7) is 0.704. The van der Waals surface area contributed by atoms with E-state index in [4.69, 9.17) is 9.47 Å². The maximum Gasteiger partial charge on any atom is 0.315 e. The first-order valence-corrected chi connectivity index (χ1v) is 9.23. The first-order chi connectivity index (χ1) is 12.7. The van der Waals surface area contributed by atoms with Crippen molar-refractivity contribution in [2.45, 2.75) is 31.0 Å². The number of rotatable bonds is 4. The molecule has 1 heterocycles. The molecule has 1 aliphatic carbocycles. The second kappa shape index (κ2) is 6.53. The quantitative estimate of drug-likeness (QED) is 0.860. The van der Waals surface area contributed by atoms with E-state index in [2.05, 4.69) is 35.6 Å². The Bertz CT molecular complexity index is 806. The lowest BCUT2D eigenvalue weighted by Crippen LogP contribution is -2.52. The van der Waals surface area contributed by atoms with Gasteiger partial charge in [0.1, 0.15) is 11.0 Å². The van der Waals surface area contributed by atoms with Crippen LogP contribution in [0.1, 0.15) is 29.5 Å². The number of hydrogen-bond donors (Lipinski definition) is 1. The van der Waals surface area contributed by atoms with E-state index in [0.29, 0.717) is 13.0 Å². The van der Waals surface area contributed by atoms with Gasteiger partial charge in [-0.2, -0.15) is 0 Å². The molecular formula is C22H25NO3. The number of aryl methyl sites for hydroxylation is 1. The molecule has 0 amide bonds. The lowest BCUT2D eigenvalue weighted by atomic mass is 9.58. The molecule has 4 nitrogen and oxygen atoms in total. The molecule has 0 unspecified atom stereocenters. The van der Waals surface area contributed by atoms with Crippen LogP contribution < -0.4 is 5.32 Å². The third-order valence-corrected chi connectivity index (χ3v) is 6.00. The molecular weight excluding hydrogens is 326 g/mol. The Balaban J connectivity index is 2.01. The maximum absolute atomic E-state index is 13.2. The highest BCUT2D eigenvalue weighted by Crippen LogP contribution is 2.62. The molecule has 4 rings (SSSR count). The zero-order chi connectivity index (χ0) is 18.2. The number of benzene rings is 2. The molecule has 136 valence electrons. The highest BCUT2D eigenvalue weighted by molar-refractivity contribution is 5.81. The van der Waals surface area contributed by atoms with E-state index in [-0.39, 0.29) is 12.1 Å². The number of carbonyl (C=O) groups is 1. The van der Waals surface area contributed by atoms with Crippen molar-refractivity contribution < 1.29 is 14.3 Å². The van der Waals surface area contributed by atoms with E-state index in [9.17, 15) is 4.79 Å². The van der Waals surface area contributed by atoms with Gasteiger partial charge in [-0.1, -0.05) is 54.6 Å². The van der Waals surface area contributed by atoms with Gasteiger partial charge in [0.25, 0.3) is 0 Å². The van der Waals surface area contributed by atoms with Gasteiger partial charge in [0.15, 0.2) is 0 Å². The molecule has 0 spiro atoms. The summed E-state index contributed by atoms with van der Waals surface area (Å²) < 4.78 is 12.1. The zero-order valence-electron chi connectivity index (χ0n) is 15.3. The molecule has 0 bridgehead atoms. The normalized spacial score (nSPS) is 29.7. The Morgan fingerprint density at radius 2 is 1.92 bits per heavy atom. The minimum atomic E-state index is -0.808. The van der Waals surface area contributed by atoms with Crippen molar-refractivity contribution in [1.29, 1.82) is 0 Å². The summed E-state index contributed by atoms with van der Waals surface area (Å²) in [5.74, 6) is -0.172. The van der Waals surface area contributed by atoms with E-state index < -0.39 is 11.0 Å². The molecule has 1 aliphatic heterocycles. The number of ether oxygens (including phenoxy) is 2. The van der Waals surface area contributed by atoms with E-state index in [0.717, 1.165) is 24.0 Å². The lowest BCUT2D eigenvalue weighted by molar-refractivity contribution is -0.165. The minimum absolute atomic E-state index is 0.0505. The highest BCUT2D eigenvalue weighted by Gasteiger charge is 2.67. The molecule has 2 aliphatic rings. The fourth-order valence-corrected chi connectivity index (χ4v) is 5.00. The Hall–Kier alpha value is -2.17. The Kier molecular flexibility index (Phi) is 4.33. The number of carbonyl (C=O) groups excluding carboxylic acids is 1. The smallest absolute Gasteiger partial charge is 0.315 e. The van der Waals surface area contributed by atoms with Crippen LogP contribution in [0.2, 0.25) is 0 Å². The first kappa shape index (κ1) is 17.3. The summed E-state index contributed by atoms with van der Waals surface area (Å²) in [5.41, 5.74) is 1.86. The Labute approximate surface area is 154 Å². The highest BCUT2D eigenvalue weighted by atomic mass is 16.5. The largest absolute Gasteiger partial charge is 0.468 e. The Morgan fingerprint density at radius 3 is 2.65 bits per heavy atom. The van der Waals surface area contributed by atoms with Crippen molar-refractivity contribution in [1.82, 2.24) is 5.32 Å². The van der Waals surface area contributed by atoms with Gasteiger partial charge in [-0.15, -0.1) is 0 Å². The fraction of sp³-hybridized carbons (Fsp3) is 0.409. The van der Waals surface area contributed by atoms with Crippen molar-refractivity contribution in [2.75, 3.05) is 20.7 Å². The predicted molar refractivity (Wildman–Crippen MR) is 99.9 cm³/mol. The van der Waals surface area contributed by atoms with Gasteiger partial charge < -0.3 is 14.8 Å². The zero-order valence-corrected chi connectivity index (χ0v) is 15.3. The van der Waals surface area contributed by atoms with Crippen LogP contribution in [-0.4, -0.2) is 32.8 Å². The van der Waals surface area contributed by atoms with Crippen molar-refractivity contribution in [3.05, 3.63) is 71.3 Å². The fourth-order valence-electron chi connectivity index (χ4n) is 5.00. The number of methoxy groups -OCH3 is 1. The SMILES string of the molecule is CNC[C@@H]1C[C@]2(C(=O)OC)CCc3ccccc3[C@]2(c2ccccc2)O1. The number of esters is 1. The van der Waals surface area contributed by atoms with Crippen LogP contribution >= 0.6 is 0 Å². The third kappa shape index (κ3) is 2.25. The van der Waals surface area contributed by atoms with Crippen molar-refractivity contribution >= 4 is 5.97 Å². The molecule has 0 saturated carbocycles. The van der Waals surface area contributed by atoms with Gasteiger partial charge in [-0.05, 0) is 43.0 Å². The van der Waals surface area contributed by atoms with Crippen molar-refractivity contribution in [2.24, 2.45) is 5.41 Å². The molecule has 4 heteroatoms. The monoisotopic (exact) mass is 351 g/mol. The number of nitrogens with one attached hydrogen (secondary N) is 1. The maximum atomic E-state index is 13.2. The Morgan fingerprint density at radius 1 is 1.19 bits per heavy atom. The molecule has 1 saturated heterocycles. The van der Waals surface area contributed by atoms with E-state index in [1.807, 2.05) is 31.3 Å². The van der Waals surface area contributed by atoms with Crippen LogP contribution in [0.4, 0.5) is 0 Å². The van der Waals surface area contributed by atoms with Gasteiger partial charge >= 0.3 is 5.97 Å². The van der Waals surface area contributed by atoms with Gasteiger partial charge in [0.2, 0.25) is 0 Å². The summed E-state index contributed by atoms with van der Waals surface area (Å²) in [6, 6.07) is 18.5. The molecule has 0 radical (unpaired) electrons. The van der Waals surface area contributed by atoms with Gasteiger partial charge in [0.05, 0.1) is 13.2 Å². The van der Waals surface area contributed by atoms with Crippen LogP contribution in [-0.2, 0) is 26.3 Å². The molecule has 2 aromatic carbocycles. The minimum Gasteiger partial charge on any atom is -0.468 e. The van der Waals surface area contributed by atoms with E-state index in [1.165, 1.54) is 12.7 Å². The van der Waals surface area contributed by atoms with Crippen LogP contribution in [0.5, 0.6) is 0 Å². The number of hydrogen-bond acceptors (Lipinski definition) is 4. The van der Waals surface area contributed by atoms with Crippen molar-refractivity contribution in [3.8, 4) is 0 Å². The van der Waals surface area contributed by atoms with Gasteiger partial charge in [-0.3, -0.25) is 4.79 Å². The molecule has 2 aromatic rings. The van der Waals surface area contributed by atoms with E-state index >= 15 is 0 Å². The first-order valence-electron chi connectivity index (χ1n) is 9.23. The average Bonchev–Trinajstić information content (AvgIpc) is 3.05. The summed E-state index contributed by atoms with van der Waals surface area (Å²) >= 11 is 0. The molecule has 1 fully saturated rings. The lowest BCUT2D eigenvalue weighted by Gasteiger charge is -2.47. The van der Waals surface area contributed by atoms with Gasteiger partial charge in [-0.25, -0.2) is 0 Å². The predicted octanol–water partition coefficient (Wildman–Crippen LogP) is 3.04. The van der Waals surface area contributed by atoms with Crippen LogP contribution in [0, 0.1) is 5.41 Å². The molecule has 1 N–H and O–H groups in total. The summed E-state index contributed by atoms with van der Waals surface area (Å²) in [6.07, 6.45) is 2.19. The van der Waals surface area contributed by atoms with Crippen LogP contribution in [0.15, 0.2) is 54.6 Å². The summed E-state index contributed by atoms with van der Waals surface area (Å²) in [4.78, 5) is 13.2. The van der Waals surface area contributed by atoms with Gasteiger partial charge in [0, 0.05) is 6.54 Å².